The molecule has 0 spiro atoms. The van der Waals surface area contributed by atoms with E-state index in [1.54, 1.807) is 18.2 Å². The molecule has 7 heteroatoms. The number of hydrogen-bond donors (Lipinski definition) is 2. The van der Waals surface area contributed by atoms with Crippen LogP contribution in [0.5, 0.6) is 5.75 Å². The van der Waals surface area contributed by atoms with Crippen LogP contribution in [0.15, 0.2) is 28.4 Å². The number of hydrogen-bond acceptors (Lipinski definition) is 5. The Bertz CT molecular complexity index is 476. The first kappa shape index (κ1) is 11.1. The van der Waals surface area contributed by atoms with E-state index in [2.05, 4.69) is 20.9 Å². The molecule has 0 fully saturated rings. The molecular formula is C10H10N4O3. The predicted molar refractivity (Wildman–Crippen MR) is 57.6 cm³/mol. The number of benzene rings is 1. The zero-order valence-corrected chi connectivity index (χ0v) is 9.01. The van der Waals surface area contributed by atoms with E-state index in [9.17, 15) is 9.59 Å². The summed E-state index contributed by atoms with van der Waals surface area (Å²) in [5.74, 6) is -0.818. The van der Waals surface area contributed by atoms with Gasteiger partial charge < -0.3 is 15.4 Å². The number of methoxy groups -OCH3 is 1. The van der Waals surface area contributed by atoms with Crippen molar-refractivity contribution >= 4 is 18.5 Å². The maximum absolute atomic E-state index is 10.6. The lowest BCUT2D eigenvalue weighted by Crippen LogP contribution is -2.50. The molecule has 0 saturated heterocycles. The van der Waals surface area contributed by atoms with Gasteiger partial charge in [0.2, 0.25) is 12.8 Å². The maximum Gasteiger partial charge on any atom is 0.258 e. The third-order valence-electron chi connectivity index (χ3n) is 2.44. The monoisotopic (exact) mass is 234 g/mol. The molecule has 7 nitrogen and oxygen atoms in total. The Hall–Kier alpha value is -2.44. The van der Waals surface area contributed by atoms with Gasteiger partial charge >= 0.3 is 0 Å². The molecular weight excluding hydrogens is 224 g/mol. The fourth-order valence-corrected chi connectivity index (χ4v) is 1.69. The summed E-state index contributed by atoms with van der Waals surface area (Å²) in [6.45, 7) is 0. The number of nitrogens with zero attached hydrogens (tertiary/aromatic N) is 2. The molecule has 0 aliphatic carbocycles. The molecule has 1 aromatic rings. The van der Waals surface area contributed by atoms with Crippen molar-refractivity contribution in [3.63, 3.8) is 0 Å². The highest BCUT2D eigenvalue weighted by molar-refractivity contribution is 5.66. The van der Waals surface area contributed by atoms with Gasteiger partial charge in [0.05, 0.1) is 12.7 Å². The van der Waals surface area contributed by atoms with E-state index in [1.165, 1.54) is 7.11 Å². The number of fused-ring (bicyclic) bond motifs is 1. The standard InChI is InChI=1S/C10H10N4O3/c1-17-8-4-2-3-7-9(8)13-14-10(7,11-5-15)12-6-16/h2-6H,1H3,(H,11,15)(H,12,16). The van der Waals surface area contributed by atoms with Crippen molar-refractivity contribution < 1.29 is 14.3 Å². The molecule has 0 bridgehead atoms. The average molecular weight is 234 g/mol. The van der Waals surface area contributed by atoms with Crippen LogP contribution < -0.4 is 15.4 Å². The lowest BCUT2D eigenvalue weighted by molar-refractivity contribution is -0.114. The van der Waals surface area contributed by atoms with Crippen LogP contribution in [0, 0.1) is 0 Å². The Morgan fingerprint density at radius 1 is 1.29 bits per heavy atom. The van der Waals surface area contributed by atoms with Gasteiger partial charge in [-0.25, -0.2) is 0 Å². The summed E-state index contributed by atoms with van der Waals surface area (Å²) in [7, 11) is 1.51. The van der Waals surface area contributed by atoms with Crippen LogP contribution in [0.4, 0.5) is 5.69 Å². The van der Waals surface area contributed by atoms with Crippen molar-refractivity contribution in [2.45, 2.75) is 5.79 Å². The normalized spacial score (nSPS) is 14.9. The van der Waals surface area contributed by atoms with Crippen LogP contribution >= 0.6 is 0 Å². The number of azo groups is 1. The number of carbonyl (C=O) groups is 2. The first-order chi connectivity index (χ1) is 8.27. The van der Waals surface area contributed by atoms with E-state index in [0.29, 0.717) is 29.8 Å². The summed E-state index contributed by atoms with van der Waals surface area (Å²) in [5.41, 5.74) is 1.04. The smallest absolute Gasteiger partial charge is 0.258 e. The summed E-state index contributed by atoms with van der Waals surface area (Å²) >= 11 is 0. The Kier molecular flexibility index (Phi) is 2.73. The number of amides is 2. The Balaban J connectivity index is 2.53. The van der Waals surface area contributed by atoms with Crippen molar-refractivity contribution in [1.29, 1.82) is 0 Å². The SMILES string of the molecule is COc1cccc2c1N=NC2(NC=O)NC=O. The molecule has 1 aliphatic heterocycles. The van der Waals surface area contributed by atoms with Gasteiger partial charge in [-0.3, -0.25) is 9.59 Å². The first-order valence-corrected chi connectivity index (χ1v) is 4.80. The Labute approximate surface area is 96.9 Å². The molecule has 2 amide bonds. The van der Waals surface area contributed by atoms with Gasteiger partial charge in [0.25, 0.3) is 5.79 Å². The summed E-state index contributed by atoms with van der Waals surface area (Å²) in [4.78, 5) is 21.2. The topological polar surface area (TPSA) is 92.2 Å². The molecule has 0 aromatic heterocycles. The van der Waals surface area contributed by atoms with Gasteiger partial charge in [0.15, 0.2) is 0 Å². The van der Waals surface area contributed by atoms with E-state index in [-0.39, 0.29) is 0 Å². The molecule has 0 saturated carbocycles. The van der Waals surface area contributed by atoms with E-state index >= 15 is 0 Å². The highest BCUT2D eigenvalue weighted by Crippen LogP contribution is 2.42. The van der Waals surface area contributed by atoms with Crippen LogP contribution in [0.25, 0.3) is 0 Å². The fourth-order valence-electron chi connectivity index (χ4n) is 1.69. The number of carbonyl (C=O) groups excluding carboxylic acids is 2. The van der Waals surface area contributed by atoms with Crippen molar-refractivity contribution in [2.75, 3.05) is 7.11 Å². The largest absolute Gasteiger partial charge is 0.494 e. The third-order valence-corrected chi connectivity index (χ3v) is 2.44. The average Bonchev–Trinajstić information content (AvgIpc) is 2.70. The minimum absolute atomic E-state index is 0.449. The molecule has 2 N–H and O–H groups in total. The molecule has 17 heavy (non-hydrogen) atoms. The lowest BCUT2D eigenvalue weighted by atomic mass is 10.1. The van der Waals surface area contributed by atoms with Crippen LogP contribution in [-0.2, 0) is 15.4 Å². The Morgan fingerprint density at radius 3 is 2.59 bits per heavy atom. The summed E-state index contributed by atoms with van der Waals surface area (Å²) < 4.78 is 5.12. The van der Waals surface area contributed by atoms with Gasteiger partial charge in [-0.05, 0) is 6.07 Å². The zero-order chi connectivity index (χ0) is 12.3. The number of ether oxygens (including phenoxy) is 1. The zero-order valence-electron chi connectivity index (χ0n) is 9.01. The molecule has 0 atom stereocenters. The summed E-state index contributed by atoms with van der Waals surface area (Å²) in [6.07, 6.45) is 0.897. The van der Waals surface area contributed by atoms with E-state index in [4.69, 9.17) is 4.74 Å². The first-order valence-electron chi connectivity index (χ1n) is 4.80. The van der Waals surface area contributed by atoms with E-state index in [1.807, 2.05) is 0 Å². The molecule has 1 aromatic carbocycles. The molecule has 0 radical (unpaired) electrons. The van der Waals surface area contributed by atoms with Crippen LogP contribution in [0.2, 0.25) is 0 Å². The van der Waals surface area contributed by atoms with E-state index < -0.39 is 5.79 Å². The second kappa shape index (κ2) is 4.20. The summed E-state index contributed by atoms with van der Waals surface area (Å²) in [5, 5.41) is 12.7. The maximum atomic E-state index is 10.6. The van der Waals surface area contributed by atoms with Crippen molar-refractivity contribution in [3.8, 4) is 5.75 Å². The van der Waals surface area contributed by atoms with Gasteiger partial charge in [0.1, 0.15) is 11.4 Å². The molecule has 1 heterocycles. The molecule has 88 valence electrons. The van der Waals surface area contributed by atoms with Crippen molar-refractivity contribution in [3.05, 3.63) is 23.8 Å². The second-order valence-corrected chi connectivity index (χ2v) is 3.29. The van der Waals surface area contributed by atoms with Crippen LogP contribution in [0.1, 0.15) is 5.56 Å². The molecule has 0 unspecified atom stereocenters. The van der Waals surface area contributed by atoms with Crippen LogP contribution in [0.3, 0.4) is 0 Å². The highest BCUT2D eigenvalue weighted by Gasteiger charge is 2.39. The molecule has 2 rings (SSSR count). The minimum Gasteiger partial charge on any atom is -0.494 e. The van der Waals surface area contributed by atoms with Crippen molar-refractivity contribution in [1.82, 2.24) is 10.6 Å². The fraction of sp³-hybridized carbons (Fsp3) is 0.200. The minimum atomic E-state index is -1.34. The van der Waals surface area contributed by atoms with Crippen LogP contribution in [-0.4, -0.2) is 19.9 Å². The quantitative estimate of drug-likeness (QED) is 0.570. The second-order valence-electron chi connectivity index (χ2n) is 3.29. The van der Waals surface area contributed by atoms with Gasteiger partial charge in [-0.2, -0.15) is 0 Å². The predicted octanol–water partition coefficient (Wildman–Crippen LogP) is 0.395. The Morgan fingerprint density at radius 2 is 2.00 bits per heavy atom. The number of rotatable bonds is 5. The third kappa shape index (κ3) is 1.61. The lowest BCUT2D eigenvalue weighted by Gasteiger charge is -2.23. The van der Waals surface area contributed by atoms with E-state index in [0.717, 1.165) is 0 Å². The van der Waals surface area contributed by atoms with Crippen molar-refractivity contribution in [2.24, 2.45) is 10.2 Å². The highest BCUT2D eigenvalue weighted by atomic mass is 16.5. The molecule has 1 aliphatic rings. The number of nitrogens with one attached hydrogen (secondary N) is 2. The van der Waals surface area contributed by atoms with Gasteiger partial charge in [-0.15, -0.1) is 10.2 Å². The summed E-state index contributed by atoms with van der Waals surface area (Å²) in [6, 6.07) is 5.14. The van der Waals surface area contributed by atoms with Gasteiger partial charge in [-0.1, -0.05) is 12.1 Å². The van der Waals surface area contributed by atoms with Gasteiger partial charge in [0, 0.05) is 0 Å².